The third-order valence-electron chi connectivity index (χ3n) is 3.33. The van der Waals surface area contributed by atoms with Crippen LogP contribution in [0, 0.1) is 5.92 Å². The van der Waals surface area contributed by atoms with Gasteiger partial charge in [0.1, 0.15) is 12.3 Å². The fraction of sp³-hybridized carbons (Fsp3) is 0.846. The maximum Gasteiger partial charge on any atom is 0.471 e. The molecule has 1 fully saturated rings. The number of phosphoric ester groups is 1. The number of ether oxygens (including phenoxy) is 1. The van der Waals surface area contributed by atoms with Crippen LogP contribution in [0.4, 0.5) is 0 Å². The summed E-state index contributed by atoms with van der Waals surface area (Å²) >= 11 is 1.10. The maximum absolute atomic E-state index is 11.1. The zero-order chi connectivity index (χ0) is 16.4. The van der Waals surface area contributed by atoms with Crippen molar-refractivity contribution in [3.8, 4) is 5.88 Å². The lowest BCUT2D eigenvalue weighted by Crippen LogP contribution is -2.13. The predicted molar refractivity (Wildman–Crippen MR) is 85.0 cm³/mol. The molecule has 1 aromatic heterocycles. The largest absolute Gasteiger partial charge is 0.473 e. The highest BCUT2D eigenvalue weighted by Crippen LogP contribution is 2.43. The van der Waals surface area contributed by atoms with E-state index in [1.165, 1.54) is 12.8 Å². The van der Waals surface area contributed by atoms with Crippen molar-refractivity contribution >= 4 is 19.6 Å². The average molecular weight is 352 g/mol. The number of phosphoric acid groups is 1. The Morgan fingerprint density at radius 1 is 1.41 bits per heavy atom. The number of rotatable bonds is 7. The molecule has 1 N–H and O–H groups in total. The number of unbranched alkanes of at least 4 members (excludes halogenated alkanes) is 1. The van der Waals surface area contributed by atoms with E-state index in [1.54, 1.807) is 6.20 Å². The molecule has 2 rings (SSSR count). The summed E-state index contributed by atoms with van der Waals surface area (Å²) in [7, 11) is -2.71. The van der Waals surface area contributed by atoms with Crippen LogP contribution in [0.25, 0.3) is 0 Å². The third-order valence-corrected chi connectivity index (χ3v) is 4.72. The molecule has 128 valence electrons. The van der Waals surface area contributed by atoms with Crippen LogP contribution in [-0.4, -0.2) is 33.5 Å². The smallest absolute Gasteiger partial charge is 0.471 e. The van der Waals surface area contributed by atoms with Crippen LogP contribution < -0.4 is 4.74 Å². The highest BCUT2D eigenvalue weighted by Gasteiger charge is 2.29. The normalized spacial score (nSPS) is 23.5. The minimum atomic E-state index is -3.86. The second-order valence-electron chi connectivity index (χ2n) is 5.11. The van der Waals surface area contributed by atoms with Gasteiger partial charge < -0.3 is 9.63 Å². The molecule has 9 heteroatoms. The van der Waals surface area contributed by atoms with Crippen molar-refractivity contribution < 1.29 is 23.2 Å². The van der Waals surface area contributed by atoms with E-state index >= 15 is 0 Å². The van der Waals surface area contributed by atoms with Crippen molar-refractivity contribution in [3.63, 3.8) is 0 Å². The molecule has 0 saturated heterocycles. The Balaban J connectivity index is 0.000000541. The van der Waals surface area contributed by atoms with Gasteiger partial charge in [-0.1, -0.05) is 26.7 Å². The molecule has 0 radical (unpaired) electrons. The lowest BCUT2D eigenvalue weighted by molar-refractivity contribution is 0.142. The van der Waals surface area contributed by atoms with Crippen LogP contribution in [0.5, 0.6) is 5.88 Å². The molecule has 0 spiro atoms. The molecular weight excluding hydrogens is 327 g/mol. The second-order valence-corrected chi connectivity index (χ2v) is 7.23. The van der Waals surface area contributed by atoms with Gasteiger partial charge in [0.15, 0.2) is 0 Å². The first-order chi connectivity index (χ1) is 10.5. The minimum Gasteiger partial charge on any atom is -0.473 e. The number of hydrogen-bond acceptors (Lipinski definition) is 7. The first-order valence-corrected chi connectivity index (χ1v) is 9.70. The van der Waals surface area contributed by atoms with Gasteiger partial charge in [0.05, 0.1) is 18.3 Å². The van der Waals surface area contributed by atoms with E-state index in [-0.39, 0.29) is 18.6 Å². The summed E-state index contributed by atoms with van der Waals surface area (Å²) in [5.74, 6) is 0.744. The molecule has 0 bridgehead atoms. The molecule has 0 aliphatic heterocycles. The van der Waals surface area contributed by atoms with Gasteiger partial charge in [-0.25, -0.2) is 4.57 Å². The highest BCUT2D eigenvalue weighted by molar-refractivity contribution is 7.47. The summed E-state index contributed by atoms with van der Waals surface area (Å²) in [6.45, 7) is 4.57. The topological polar surface area (TPSA) is 90.8 Å². The first-order valence-electron chi connectivity index (χ1n) is 7.48. The molecule has 22 heavy (non-hydrogen) atoms. The van der Waals surface area contributed by atoms with Gasteiger partial charge in [-0.15, -0.1) is 4.37 Å². The van der Waals surface area contributed by atoms with Crippen molar-refractivity contribution in [2.24, 2.45) is 5.92 Å². The van der Waals surface area contributed by atoms with Gasteiger partial charge in [0, 0.05) is 7.11 Å². The van der Waals surface area contributed by atoms with E-state index in [1.807, 2.05) is 0 Å². The van der Waals surface area contributed by atoms with Gasteiger partial charge in [-0.05, 0) is 25.2 Å². The zero-order valence-electron chi connectivity index (χ0n) is 13.3. The highest BCUT2D eigenvalue weighted by atomic mass is 32.1. The van der Waals surface area contributed by atoms with E-state index in [0.29, 0.717) is 5.88 Å². The predicted octanol–water partition coefficient (Wildman–Crippen LogP) is 3.66. The van der Waals surface area contributed by atoms with Crippen LogP contribution in [0.2, 0.25) is 0 Å². The fourth-order valence-electron chi connectivity index (χ4n) is 1.92. The summed E-state index contributed by atoms with van der Waals surface area (Å²) in [5, 5.41) is 0. The van der Waals surface area contributed by atoms with Crippen molar-refractivity contribution in [1.29, 1.82) is 0 Å². The van der Waals surface area contributed by atoms with Gasteiger partial charge in [-0.2, -0.15) is 4.37 Å². The third kappa shape index (κ3) is 7.65. The standard InChI is InChI=1S/C9H15N2O5PS.C4H10/c1-14-17(12,13)15-6-7-2-3-8(4-7)16-9-5-10-18-11-9;1-3-4-2/h5,7-8H,2-4,6H2,1H3,(H,12,13);3-4H2,1-2H3. The molecule has 3 atom stereocenters. The lowest BCUT2D eigenvalue weighted by Gasteiger charge is -2.14. The van der Waals surface area contributed by atoms with E-state index in [2.05, 4.69) is 27.1 Å². The summed E-state index contributed by atoms with van der Waals surface area (Å²) in [5.41, 5.74) is 0. The quantitative estimate of drug-likeness (QED) is 0.749. The molecular formula is C13H25N2O5PS. The summed E-state index contributed by atoms with van der Waals surface area (Å²) in [6.07, 6.45) is 6.85. The van der Waals surface area contributed by atoms with Crippen LogP contribution in [-0.2, 0) is 13.6 Å². The fourth-order valence-corrected chi connectivity index (χ4v) is 2.78. The van der Waals surface area contributed by atoms with Gasteiger partial charge in [-0.3, -0.25) is 9.05 Å². The summed E-state index contributed by atoms with van der Waals surface area (Å²) in [6, 6.07) is 0. The Hall–Kier alpha value is -0.530. The molecule has 3 unspecified atom stereocenters. The minimum absolute atomic E-state index is 0.0723. The SMILES string of the molecule is CCCC.COP(=O)(O)OCC1CCC(Oc2cnsn2)C1. The van der Waals surface area contributed by atoms with E-state index in [4.69, 9.17) is 14.2 Å². The van der Waals surface area contributed by atoms with Crippen molar-refractivity contribution in [2.45, 2.75) is 52.1 Å². The molecule has 7 nitrogen and oxygen atoms in total. The molecule has 1 aliphatic rings. The molecule has 1 aliphatic carbocycles. The Morgan fingerprint density at radius 2 is 2.14 bits per heavy atom. The first kappa shape index (κ1) is 19.5. The monoisotopic (exact) mass is 352 g/mol. The van der Waals surface area contributed by atoms with Gasteiger partial charge in [0.25, 0.3) is 0 Å². The average Bonchev–Trinajstić information content (AvgIpc) is 3.18. The molecule has 1 heterocycles. The Bertz CT molecular complexity index is 444. The van der Waals surface area contributed by atoms with Gasteiger partial charge in [0.2, 0.25) is 5.88 Å². The van der Waals surface area contributed by atoms with E-state index in [9.17, 15) is 4.57 Å². The van der Waals surface area contributed by atoms with Crippen molar-refractivity contribution in [1.82, 2.24) is 8.75 Å². The van der Waals surface area contributed by atoms with Gasteiger partial charge >= 0.3 is 7.82 Å². The van der Waals surface area contributed by atoms with E-state index in [0.717, 1.165) is 38.1 Å². The summed E-state index contributed by atoms with van der Waals surface area (Å²) < 4.78 is 33.8. The summed E-state index contributed by atoms with van der Waals surface area (Å²) in [4.78, 5) is 9.12. The van der Waals surface area contributed by atoms with Crippen molar-refractivity contribution in [2.75, 3.05) is 13.7 Å². The lowest BCUT2D eigenvalue weighted by atomic mass is 10.1. The van der Waals surface area contributed by atoms with E-state index < -0.39 is 7.82 Å². The molecule has 0 aromatic carbocycles. The van der Waals surface area contributed by atoms with Crippen LogP contribution >= 0.6 is 19.6 Å². The van der Waals surface area contributed by atoms with Crippen LogP contribution in [0.15, 0.2) is 6.20 Å². The number of aromatic nitrogens is 2. The number of nitrogens with zero attached hydrogens (tertiary/aromatic N) is 2. The Morgan fingerprint density at radius 3 is 2.68 bits per heavy atom. The molecule has 1 aromatic rings. The maximum atomic E-state index is 11.1. The Labute approximate surface area is 135 Å². The Kier molecular flexibility index (Phi) is 9.12. The van der Waals surface area contributed by atoms with Crippen molar-refractivity contribution in [3.05, 3.63) is 6.20 Å². The zero-order valence-corrected chi connectivity index (χ0v) is 15.0. The number of hydrogen-bond donors (Lipinski definition) is 1. The molecule has 0 amide bonds. The van der Waals surface area contributed by atoms with Crippen LogP contribution in [0.3, 0.4) is 0 Å². The molecule has 1 saturated carbocycles. The van der Waals surface area contributed by atoms with Crippen LogP contribution in [0.1, 0.15) is 46.0 Å². The second kappa shape index (κ2) is 10.3.